The molecule has 0 aliphatic rings. The third-order valence-electron chi connectivity index (χ3n) is 9.19. The van der Waals surface area contributed by atoms with Gasteiger partial charge in [-0.2, -0.15) is 0 Å². The van der Waals surface area contributed by atoms with E-state index < -0.39 is 12.1 Å². The Morgan fingerprint density at radius 2 is 1.02 bits per heavy atom. The first-order chi connectivity index (χ1) is 27.7. The van der Waals surface area contributed by atoms with E-state index in [1.165, 1.54) is 4.57 Å². The van der Waals surface area contributed by atoms with Crippen molar-refractivity contribution in [1.82, 2.24) is 19.1 Å². The Morgan fingerprint density at radius 3 is 1.76 bits per heavy atom. The summed E-state index contributed by atoms with van der Waals surface area (Å²) in [6.07, 6.45) is 0. The van der Waals surface area contributed by atoms with E-state index >= 15 is 0 Å². The van der Waals surface area contributed by atoms with Crippen molar-refractivity contribution in [2.75, 3.05) is 0 Å². The van der Waals surface area contributed by atoms with E-state index in [9.17, 15) is 6.85 Å². The number of hydrogen-bond donors (Lipinski definition) is 0. The van der Waals surface area contributed by atoms with Crippen LogP contribution in [0.3, 0.4) is 0 Å². The maximum Gasteiger partial charge on any atom is 0.235 e. The SMILES string of the molecule is [2H]c1c([2H])c([2H])c2c(c1[2H])c1c([2H])c(-c3ccc4c(c3)c3ccccc3n4-c3ccccc3)c([2H])c([2H])c1n2-c1nc(-c2ccccc2)cc(-c2ccccc2)n1. The fourth-order valence-electron chi connectivity index (χ4n) is 6.89. The molecule has 0 saturated heterocycles. The van der Waals surface area contributed by atoms with Gasteiger partial charge < -0.3 is 4.57 Å². The highest BCUT2D eigenvalue weighted by molar-refractivity contribution is 6.12. The molecule has 7 aromatic carbocycles. The molecule has 4 heteroatoms. The number of nitrogens with zero attached hydrogens (tertiary/aromatic N) is 4. The van der Waals surface area contributed by atoms with Gasteiger partial charge in [0, 0.05) is 38.4 Å². The van der Waals surface area contributed by atoms with E-state index in [4.69, 9.17) is 12.7 Å². The lowest BCUT2D eigenvalue weighted by Gasteiger charge is -2.12. The Hall–Kier alpha value is -6.78. The minimum Gasteiger partial charge on any atom is -0.309 e. The van der Waals surface area contributed by atoms with E-state index in [1.54, 1.807) is 0 Å². The highest BCUT2D eigenvalue weighted by Crippen LogP contribution is 2.38. The third-order valence-corrected chi connectivity index (χ3v) is 9.19. The van der Waals surface area contributed by atoms with Crippen LogP contribution >= 0.6 is 0 Å². The minimum atomic E-state index is -0.469. The Kier molecular flexibility index (Phi) is 5.02. The van der Waals surface area contributed by atoms with Crippen LogP contribution in [0.15, 0.2) is 182 Å². The first-order valence-electron chi connectivity index (χ1n) is 19.9. The second-order valence-corrected chi connectivity index (χ2v) is 12.1. The molecule has 0 radical (unpaired) electrons. The lowest BCUT2D eigenvalue weighted by atomic mass is 10.0. The van der Waals surface area contributed by atoms with Gasteiger partial charge in [-0.05, 0) is 65.7 Å². The zero-order valence-corrected chi connectivity index (χ0v) is 26.6. The summed E-state index contributed by atoms with van der Waals surface area (Å²) in [6, 6.07) is 42.5. The van der Waals surface area contributed by atoms with Crippen LogP contribution in [-0.4, -0.2) is 19.1 Å². The average Bonchev–Trinajstić information content (AvgIpc) is 3.79. The molecule has 50 heavy (non-hydrogen) atoms. The second-order valence-electron chi connectivity index (χ2n) is 12.1. The molecule has 0 atom stereocenters. The molecule has 0 unspecified atom stereocenters. The molecule has 0 N–H and O–H groups in total. The molecule has 0 saturated carbocycles. The molecule has 0 bridgehead atoms. The fourth-order valence-corrected chi connectivity index (χ4v) is 6.89. The van der Waals surface area contributed by atoms with Crippen molar-refractivity contribution in [2.45, 2.75) is 0 Å². The molecule has 0 spiro atoms. The maximum atomic E-state index is 9.81. The van der Waals surface area contributed by atoms with Crippen LogP contribution in [0.25, 0.3) is 88.9 Å². The van der Waals surface area contributed by atoms with Crippen LogP contribution in [0.4, 0.5) is 0 Å². The summed E-state index contributed by atoms with van der Waals surface area (Å²) in [6.45, 7) is 0. The molecule has 0 aliphatic heterocycles. The highest BCUT2D eigenvalue weighted by Gasteiger charge is 2.18. The predicted molar refractivity (Wildman–Crippen MR) is 207 cm³/mol. The molecular weight excluding hydrogens is 609 g/mol. The van der Waals surface area contributed by atoms with Crippen molar-refractivity contribution in [3.8, 4) is 45.3 Å². The maximum absolute atomic E-state index is 9.81. The summed E-state index contributed by atoms with van der Waals surface area (Å²) in [4.78, 5) is 9.91. The van der Waals surface area contributed by atoms with E-state index in [-0.39, 0.29) is 63.5 Å². The monoisotopic (exact) mass is 645 g/mol. The molecule has 3 heterocycles. The van der Waals surface area contributed by atoms with E-state index in [2.05, 4.69) is 10.6 Å². The van der Waals surface area contributed by atoms with Gasteiger partial charge in [-0.3, -0.25) is 4.57 Å². The summed E-state index contributed by atoms with van der Waals surface area (Å²) in [7, 11) is 0. The molecule has 10 aromatic rings. The van der Waals surface area contributed by atoms with Crippen molar-refractivity contribution in [1.29, 1.82) is 0 Å². The molecule has 3 aromatic heterocycles. The van der Waals surface area contributed by atoms with Crippen LogP contribution in [-0.2, 0) is 0 Å². The van der Waals surface area contributed by atoms with Gasteiger partial charge in [0.25, 0.3) is 0 Å². The Morgan fingerprint density at radius 1 is 0.400 bits per heavy atom. The van der Waals surface area contributed by atoms with Crippen molar-refractivity contribution >= 4 is 43.6 Å². The normalized spacial score (nSPS) is 13.6. The number of rotatable bonds is 5. The first kappa shape index (κ1) is 22.0. The zero-order valence-electron chi connectivity index (χ0n) is 33.6. The molecule has 10 rings (SSSR count). The van der Waals surface area contributed by atoms with Gasteiger partial charge in [-0.25, -0.2) is 9.97 Å². The Labute approximate surface area is 299 Å². The van der Waals surface area contributed by atoms with Crippen molar-refractivity contribution in [3.05, 3.63) is 182 Å². The quantitative estimate of drug-likeness (QED) is 0.187. The molecule has 0 amide bonds. The minimum absolute atomic E-state index is 0.0279. The van der Waals surface area contributed by atoms with Crippen LogP contribution < -0.4 is 0 Å². The second kappa shape index (κ2) is 11.4. The summed E-state index contributed by atoms with van der Waals surface area (Å²) in [5, 5.41) is 2.07. The molecule has 0 aliphatic carbocycles. The summed E-state index contributed by atoms with van der Waals surface area (Å²) < 4.78 is 68.3. The standard InChI is InChI=1S/C46H30N4/c1-4-14-31(15-5-1)40-30-41(32-16-6-2-7-17-32)48-46(47-40)50-43-23-13-11-21-37(43)39-29-34(25-27-45(39)50)33-24-26-44-38(28-33)36-20-10-12-22-42(36)49(44)35-18-8-3-9-19-35/h1-30H/i11D,13D,21D,23D,25D,27D,29D. The van der Waals surface area contributed by atoms with Gasteiger partial charge in [-0.15, -0.1) is 0 Å². The zero-order chi connectivity index (χ0) is 39.1. The third kappa shape index (κ3) is 4.54. The van der Waals surface area contributed by atoms with Gasteiger partial charge >= 0.3 is 0 Å². The largest absolute Gasteiger partial charge is 0.309 e. The first-order valence-corrected chi connectivity index (χ1v) is 16.4. The molecule has 4 nitrogen and oxygen atoms in total. The molecular formula is C46H30N4. The molecule has 234 valence electrons. The number of para-hydroxylation sites is 3. The van der Waals surface area contributed by atoms with Crippen LogP contribution in [0.5, 0.6) is 0 Å². The number of fused-ring (bicyclic) bond motifs is 6. The predicted octanol–water partition coefficient (Wildman–Crippen LogP) is 11.7. The van der Waals surface area contributed by atoms with Gasteiger partial charge in [0.1, 0.15) is 0 Å². The van der Waals surface area contributed by atoms with Gasteiger partial charge in [0.05, 0.1) is 43.0 Å². The van der Waals surface area contributed by atoms with Crippen molar-refractivity contribution in [2.24, 2.45) is 0 Å². The smallest absolute Gasteiger partial charge is 0.235 e. The Bertz CT molecular complexity index is 3190. The van der Waals surface area contributed by atoms with E-state index in [0.29, 0.717) is 17.0 Å². The van der Waals surface area contributed by atoms with Crippen molar-refractivity contribution in [3.63, 3.8) is 0 Å². The van der Waals surface area contributed by atoms with Gasteiger partial charge in [-0.1, -0.05) is 127 Å². The van der Waals surface area contributed by atoms with Gasteiger partial charge in [0.15, 0.2) is 0 Å². The van der Waals surface area contributed by atoms with Crippen LogP contribution in [0.2, 0.25) is 0 Å². The van der Waals surface area contributed by atoms with Crippen molar-refractivity contribution < 1.29 is 9.60 Å². The number of aromatic nitrogens is 4. The van der Waals surface area contributed by atoms with Crippen LogP contribution in [0.1, 0.15) is 9.60 Å². The molecule has 0 fully saturated rings. The fraction of sp³-hybridized carbons (Fsp3) is 0. The summed E-state index contributed by atoms with van der Waals surface area (Å²) >= 11 is 0. The summed E-state index contributed by atoms with van der Waals surface area (Å²) in [5.74, 6) is 0.0513. The van der Waals surface area contributed by atoms with E-state index in [1.807, 2.05) is 133 Å². The lowest BCUT2D eigenvalue weighted by Crippen LogP contribution is -2.03. The summed E-state index contributed by atoms with van der Waals surface area (Å²) in [5.41, 5.74) is 6.42. The highest BCUT2D eigenvalue weighted by atomic mass is 15.2. The Balaban J connectivity index is 1.31. The number of hydrogen-bond acceptors (Lipinski definition) is 2. The topological polar surface area (TPSA) is 35.6 Å². The van der Waals surface area contributed by atoms with Gasteiger partial charge in [0.2, 0.25) is 5.95 Å². The lowest BCUT2D eigenvalue weighted by molar-refractivity contribution is 0.995. The van der Waals surface area contributed by atoms with Crippen LogP contribution in [0, 0.1) is 0 Å². The van der Waals surface area contributed by atoms with E-state index in [0.717, 1.165) is 38.6 Å². The average molecular weight is 646 g/mol. The number of benzene rings is 7.